The van der Waals surface area contributed by atoms with Crippen molar-refractivity contribution >= 4 is 50.6 Å². The molecule has 9 heteroatoms. The molecule has 0 aromatic carbocycles. The van der Waals surface area contributed by atoms with Gasteiger partial charge in [-0.05, 0) is 44.1 Å². The van der Waals surface area contributed by atoms with E-state index in [-0.39, 0.29) is 17.5 Å². The Hall–Kier alpha value is -1.71. The molecule has 1 amide bonds. The van der Waals surface area contributed by atoms with Crippen molar-refractivity contribution in [3.63, 3.8) is 0 Å². The first-order valence-electron chi connectivity index (χ1n) is 11.3. The van der Waals surface area contributed by atoms with E-state index < -0.39 is 0 Å². The van der Waals surface area contributed by atoms with E-state index in [1.807, 2.05) is 9.95 Å². The molecule has 3 heterocycles. The molecule has 0 bridgehead atoms. The predicted octanol–water partition coefficient (Wildman–Crippen LogP) is 4.83. The van der Waals surface area contributed by atoms with Crippen molar-refractivity contribution in [2.45, 2.75) is 74.7 Å². The van der Waals surface area contributed by atoms with Gasteiger partial charge in [0.1, 0.15) is 9.84 Å². The average Bonchev–Trinajstić information content (AvgIpc) is 3.51. The summed E-state index contributed by atoms with van der Waals surface area (Å²) in [6.45, 7) is 0. The van der Waals surface area contributed by atoms with E-state index in [1.54, 1.807) is 42.1 Å². The summed E-state index contributed by atoms with van der Waals surface area (Å²) in [6.07, 6.45) is 9.26. The monoisotopic (exact) mass is 488 g/mol. The molecule has 1 saturated carbocycles. The minimum absolute atomic E-state index is 0.0578. The molecule has 5 rings (SSSR count). The van der Waals surface area contributed by atoms with Crippen LogP contribution < -0.4 is 5.56 Å². The van der Waals surface area contributed by atoms with Gasteiger partial charge < -0.3 is 4.90 Å². The summed E-state index contributed by atoms with van der Waals surface area (Å²) in [5, 5.41) is 4.57. The predicted molar refractivity (Wildman–Crippen MR) is 132 cm³/mol. The molecule has 3 aromatic heterocycles. The largest absolute Gasteiger partial charge is 0.348 e. The minimum atomic E-state index is 0.0578. The summed E-state index contributed by atoms with van der Waals surface area (Å²) in [4.78, 5) is 39.3. The molecule has 6 nitrogen and oxygen atoms in total. The first-order valence-corrected chi connectivity index (χ1v) is 14.0. The quantitative estimate of drug-likeness (QED) is 0.367. The number of thiophene rings is 1. The minimum Gasteiger partial charge on any atom is -0.348 e. The highest BCUT2D eigenvalue weighted by Crippen LogP contribution is 2.38. The fraction of sp³-hybridized carbons (Fsp3) is 0.565. The molecule has 0 unspecified atom stereocenters. The molecule has 0 atom stereocenters. The summed E-state index contributed by atoms with van der Waals surface area (Å²) >= 11 is 4.85. The number of likely N-dealkylation sites (N-methyl/N-ethyl adjacent to an activating group) is 1. The first-order chi connectivity index (χ1) is 15.5. The van der Waals surface area contributed by atoms with Crippen molar-refractivity contribution in [1.29, 1.82) is 0 Å². The van der Waals surface area contributed by atoms with Crippen LogP contribution in [0.2, 0.25) is 0 Å². The summed E-state index contributed by atoms with van der Waals surface area (Å²) in [5.41, 5.74) is 2.38. The number of carbonyl (C=O) groups excluding carboxylic acids is 1. The Morgan fingerprint density at radius 2 is 1.97 bits per heavy atom. The highest BCUT2D eigenvalue weighted by molar-refractivity contribution is 7.98. The Bertz CT molecular complexity index is 1200. The Morgan fingerprint density at radius 3 is 2.75 bits per heavy atom. The molecular formula is C23H28N4O2S3. The summed E-state index contributed by atoms with van der Waals surface area (Å²) < 4.78 is 2.00. The molecule has 0 spiro atoms. The first kappa shape index (κ1) is 22.1. The van der Waals surface area contributed by atoms with Crippen LogP contribution in [0, 0.1) is 0 Å². The van der Waals surface area contributed by atoms with Crippen molar-refractivity contribution in [2.24, 2.45) is 0 Å². The lowest BCUT2D eigenvalue weighted by atomic mass is 9.97. The maximum Gasteiger partial charge on any atom is 0.263 e. The number of aryl methyl sites for hydroxylation is 2. The second kappa shape index (κ2) is 9.27. The molecular weight excluding hydrogens is 460 g/mol. The van der Waals surface area contributed by atoms with Crippen molar-refractivity contribution in [3.05, 3.63) is 36.9 Å². The molecule has 170 valence electrons. The van der Waals surface area contributed by atoms with Gasteiger partial charge in [-0.15, -0.1) is 22.7 Å². The van der Waals surface area contributed by atoms with Gasteiger partial charge in [-0.3, -0.25) is 14.2 Å². The molecule has 32 heavy (non-hydrogen) atoms. The summed E-state index contributed by atoms with van der Waals surface area (Å²) in [6, 6.07) is 0.254. The molecule has 1 fully saturated rings. The van der Waals surface area contributed by atoms with Gasteiger partial charge in [0.2, 0.25) is 5.91 Å². The molecule has 3 aromatic rings. The van der Waals surface area contributed by atoms with Gasteiger partial charge in [0.05, 0.1) is 17.5 Å². The van der Waals surface area contributed by atoms with E-state index in [1.165, 1.54) is 47.5 Å². The van der Waals surface area contributed by atoms with Gasteiger partial charge in [-0.1, -0.05) is 24.6 Å². The second-order valence-electron chi connectivity index (χ2n) is 8.89. The van der Waals surface area contributed by atoms with Gasteiger partial charge >= 0.3 is 0 Å². The van der Waals surface area contributed by atoms with Gasteiger partial charge in [0, 0.05) is 36.1 Å². The lowest BCUT2D eigenvalue weighted by Crippen LogP contribution is -2.26. The van der Waals surface area contributed by atoms with Crippen LogP contribution in [0.1, 0.15) is 65.7 Å². The standard InChI is InChI=1S/C23H28N4O2S3/c1-26(2)19(28)11-18-24-14(12-30-18)13-31-23-25-21-20(16-9-5-6-10-17(16)32-21)22(29)27(23)15-7-3-4-8-15/h12,15H,3-11,13H2,1-2H3. The SMILES string of the molecule is CN(C)C(=O)Cc1nc(CSc2nc3sc4c(c3c(=O)n2C2CCCC2)CCCC4)cs1. The number of thiazole rings is 1. The van der Waals surface area contributed by atoms with Gasteiger partial charge in [0.25, 0.3) is 5.56 Å². The van der Waals surface area contributed by atoms with Gasteiger partial charge in [0.15, 0.2) is 5.16 Å². The smallest absolute Gasteiger partial charge is 0.263 e. The zero-order valence-electron chi connectivity index (χ0n) is 18.6. The highest BCUT2D eigenvalue weighted by atomic mass is 32.2. The number of fused-ring (bicyclic) bond motifs is 3. The van der Waals surface area contributed by atoms with Gasteiger partial charge in [-0.25, -0.2) is 9.97 Å². The number of hydrogen-bond donors (Lipinski definition) is 0. The van der Waals surface area contributed by atoms with E-state index in [9.17, 15) is 9.59 Å². The van der Waals surface area contributed by atoms with E-state index in [4.69, 9.17) is 4.98 Å². The number of hydrogen-bond acceptors (Lipinski definition) is 7. The Morgan fingerprint density at radius 1 is 1.19 bits per heavy atom. The van der Waals surface area contributed by atoms with Gasteiger partial charge in [-0.2, -0.15) is 0 Å². The molecule has 2 aliphatic carbocycles. The second-order valence-corrected chi connectivity index (χ2v) is 11.9. The highest BCUT2D eigenvalue weighted by Gasteiger charge is 2.27. The Balaban J connectivity index is 1.45. The summed E-state index contributed by atoms with van der Waals surface area (Å²) in [7, 11) is 3.53. The number of nitrogens with zero attached hydrogens (tertiary/aromatic N) is 4. The van der Waals surface area contributed by atoms with Crippen LogP contribution in [-0.2, 0) is 29.8 Å². The van der Waals surface area contributed by atoms with E-state index in [0.717, 1.165) is 51.8 Å². The van der Waals surface area contributed by atoms with Crippen LogP contribution >= 0.6 is 34.4 Å². The maximum atomic E-state index is 13.7. The molecule has 0 aliphatic heterocycles. The van der Waals surface area contributed by atoms with E-state index in [2.05, 4.69) is 4.98 Å². The fourth-order valence-electron chi connectivity index (χ4n) is 4.71. The lowest BCUT2D eigenvalue weighted by Gasteiger charge is -2.18. The lowest BCUT2D eigenvalue weighted by molar-refractivity contribution is -0.127. The molecule has 0 saturated heterocycles. The van der Waals surface area contributed by atoms with Crippen LogP contribution in [0.3, 0.4) is 0 Å². The molecule has 2 aliphatic rings. The van der Waals surface area contributed by atoms with Crippen molar-refractivity contribution < 1.29 is 4.79 Å². The van der Waals surface area contributed by atoms with Crippen molar-refractivity contribution in [3.8, 4) is 0 Å². The number of amides is 1. The normalized spacial score (nSPS) is 16.6. The Labute approximate surface area is 200 Å². The van der Waals surface area contributed by atoms with E-state index in [0.29, 0.717) is 12.2 Å². The summed E-state index contributed by atoms with van der Waals surface area (Å²) in [5.74, 6) is 0.713. The van der Waals surface area contributed by atoms with Crippen LogP contribution in [0.5, 0.6) is 0 Å². The topological polar surface area (TPSA) is 68.1 Å². The third-order valence-corrected chi connectivity index (χ3v) is 9.50. The van der Waals surface area contributed by atoms with E-state index >= 15 is 0 Å². The third-order valence-electron chi connectivity index (χ3n) is 6.43. The number of aromatic nitrogens is 3. The van der Waals surface area contributed by atoms with Crippen molar-refractivity contribution in [2.75, 3.05) is 14.1 Å². The zero-order valence-corrected chi connectivity index (χ0v) is 21.0. The third kappa shape index (κ3) is 4.26. The van der Waals surface area contributed by atoms with Crippen LogP contribution in [0.4, 0.5) is 0 Å². The van der Waals surface area contributed by atoms with Crippen molar-refractivity contribution in [1.82, 2.24) is 19.4 Å². The zero-order chi connectivity index (χ0) is 22.2. The van der Waals surface area contributed by atoms with Crippen LogP contribution in [0.25, 0.3) is 10.2 Å². The van der Waals surface area contributed by atoms with Crippen LogP contribution in [0.15, 0.2) is 15.3 Å². The number of carbonyl (C=O) groups is 1. The molecule has 0 N–H and O–H groups in total. The fourth-order valence-corrected chi connectivity index (χ4v) is 7.86. The number of rotatable bonds is 6. The molecule has 0 radical (unpaired) electrons. The average molecular weight is 489 g/mol. The maximum absolute atomic E-state index is 13.7. The van der Waals surface area contributed by atoms with Crippen LogP contribution in [-0.4, -0.2) is 39.4 Å². The Kier molecular flexibility index (Phi) is 6.40. The number of thioether (sulfide) groups is 1.